The average Bonchev–Trinajstić information content (AvgIpc) is 4.17. The number of hydrogen-bond donors (Lipinski definition) is 2. The van der Waals surface area contributed by atoms with Gasteiger partial charge in [0.1, 0.15) is 21.4 Å². The van der Waals surface area contributed by atoms with Crippen LogP contribution in [0.3, 0.4) is 0 Å². The second-order valence-corrected chi connectivity index (χ2v) is 25.5. The molecule has 2 N–H and O–H groups in total. The zero-order valence-electron chi connectivity index (χ0n) is 45.8. The molecule has 8 aliphatic rings. The molecule has 0 radical (unpaired) electrons. The molecule has 2 aliphatic heterocycles. The molecule has 0 atom stereocenters. The number of urea groups is 1. The van der Waals surface area contributed by atoms with Gasteiger partial charge in [-0.3, -0.25) is 19.3 Å². The fourth-order valence-electron chi connectivity index (χ4n) is 13.5. The molecule has 2 aromatic rings. The van der Waals surface area contributed by atoms with Crippen LogP contribution in [0.5, 0.6) is 0 Å². The number of amides is 6. The predicted molar refractivity (Wildman–Crippen MR) is 298 cm³/mol. The number of anilines is 2. The van der Waals surface area contributed by atoms with Crippen molar-refractivity contribution in [1.82, 2.24) is 14.7 Å². The topological polar surface area (TPSA) is 195 Å². The van der Waals surface area contributed by atoms with Gasteiger partial charge in [0.05, 0.1) is 24.6 Å². The highest BCUT2D eigenvalue weighted by Gasteiger charge is 2.56. The lowest BCUT2D eigenvalue weighted by Gasteiger charge is -2.43. The fourth-order valence-corrected chi connectivity index (χ4v) is 15.6. The molecule has 16 nitrogen and oxygen atoms in total. The Morgan fingerprint density at radius 1 is 0.636 bits per heavy atom. The van der Waals surface area contributed by atoms with E-state index < -0.39 is 17.5 Å². The third kappa shape index (κ3) is 12.4. The van der Waals surface area contributed by atoms with Crippen LogP contribution in [0.4, 0.5) is 21.0 Å². The van der Waals surface area contributed by atoms with Crippen molar-refractivity contribution in [1.29, 1.82) is 0 Å². The van der Waals surface area contributed by atoms with E-state index in [2.05, 4.69) is 26.0 Å². The highest BCUT2D eigenvalue weighted by Crippen LogP contribution is 2.47. The summed E-state index contributed by atoms with van der Waals surface area (Å²) in [6, 6.07) is 3.29. The summed E-state index contributed by atoms with van der Waals surface area (Å²) in [5.74, 6) is -1.05. The van der Waals surface area contributed by atoms with Crippen molar-refractivity contribution in [3.63, 3.8) is 0 Å². The maximum atomic E-state index is 14.2. The zero-order chi connectivity index (χ0) is 54.5. The van der Waals surface area contributed by atoms with Gasteiger partial charge in [0.2, 0.25) is 11.8 Å². The molecule has 420 valence electrons. The number of allylic oxidation sites excluding steroid dienone is 4. The molecule has 2 aromatic heterocycles. The number of morpholine rings is 1. The highest BCUT2D eigenvalue weighted by atomic mass is 32.1. The van der Waals surface area contributed by atoms with E-state index >= 15 is 0 Å². The largest absolute Gasteiger partial charge is 0.477 e. The summed E-state index contributed by atoms with van der Waals surface area (Å²) in [7, 11) is 3.20. The summed E-state index contributed by atoms with van der Waals surface area (Å²) < 4.78 is 11.2. The van der Waals surface area contributed by atoms with Gasteiger partial charge < -0.3 is 39.3 Å². The fraction of sp³-hybridized carbons (Fsp3) is 0.678. The molecule has 6 fully saturated rings. The highest BCUT2D eigenvalue weighted by molar-refractivity contribution is 7.16. The Hall–Kier alpha value is -5.07. The summed E-state index contributed by atoms with van der Waals surface area (Å²) in [6.45, 7) is 6.62. The normalized spacial score (nSPS) is 29.0. The SMILES string of the molecule is CC1CCC(C(=O)N(c2cc(C3=CCCCC3)sc2C(=O)O)C2CCC(OC(=O)N3CCOCC3)CC2)CC1.CC1CCC(C(=O)N(c2cc(C3=CCCCC3)sc2C(=O)O)C2CCC3(CC2)C(=O)N(C)C(=O)N3C)CC1. The maximum absolute atomic E-state index is 14.2. The Bertz CT molecular complexity index is 2570. The summed E-state index contributed by atoms with van der Waals surface area (Å²) in [6.07, 6.45) is 24.4. The predicted octanol–water partition coefficient (Wildman–Crippen LogP) is 12.1. The number of thiophene rings is 2. The Morgan fingerprint density at radius 3 is 1.49 bits per heavy atom. The van der Waals surface area contributed by atoms with Crippen molar-refractivity contribution in [2.45, 2.75) is 192 Å². The molecule has 1 spiro atoms. The molecule has 18 heteroatoms. The lowest BCUT2D eigenvalue weighted by atomic mass is 9.77. The first kappa shape index (κ1) is 56.6. The molecule has 6 amide bonds. The minimum atomic E-state index is -1.01. The molecule has 6 aliphatic carbocycles. The molecule has 0 aromatic carbocycles. The van der Waals surface area contributed by atoms with Gasteiger partial charge in [-0.15, -0.1) is 22.7 Å². The number of rotatable bonds is 11. The lowest BCUT2D eigenvalue weighted by molar-refractivity contribution is -0.133. The van der Waals surface area contributed by atoms with Crippen molar-refractivity contribution in [3.05, 3.63) is 43.8 Å². The van der Waals surface area contributed by atoms with Crippen LogP contribution in [0.1, 0.15) is 197 Å². The number of likely N-dealkylation sites (N-methyl/N-ethyl adjacent to an activating group) is 2. The minimum absolute atomic E-state index is 0.0154. The van der Waals surface area contributed by atoms with E-state index in [0.29, 0.717) is 101 Å². The van der Waals surface area contributed by atoms with Crippen molar-refractivity contribution in [3.8, 4) is 0 Å². The molecule has 0 unspecified atom stereocenters. The van der Waals surface area contributed by atoms with Crippen molar-refractivity contribution < 1.29 is 53.2 Å². The number of nitrogens with zero attached hydrogens (tertiary/aromatic N) is 5. The van der Waals surface area contributed by atoms with Gasteiger partial charge >= 0.3 is 24.1 Å². The van der Waals surface area contributed by atoms with E-state index in [-0.39, 0.29) is 69.6 Å². The van der Waals surface area contributed by atoms with E-state index in [1.54, 1.807) is 21.7 Å². The molecular weight excluding hydrogens is 1020 g/mol. The summed E-state index contributed by atoms with van der Waals surface area (Å²) in [5, 5.41) is 20.4. The molecule has 0 bridgehead atoms. The van der Waals surface area contributed by atoms with Gasteiger partial charge in [-0.25, -0.2) is 19.2 Å². The molecule has 4 heterocycles. The number of imide groups is 1. The first-order chi connectivity index (χ1) is 37.0. The number of carboxylic acids is 2. The number of carbonyl (C=O) groups is 7. The maximum Gasteiger partial charge on any atom is 0.410 e. The Morgan fingerprint density at radius 2 is 1.09 bits per heavy atom. The summed E-state index contributed by atoms with van der Waals surface area (Å²) in [4.78, 5) is 102. The first-order valence-corrected chi connectivity index (χ1v) is 30.6. The molecule has 77 heavy (non-hydrogen) atoms. The van der Waals surface area contributed by atoms with Crippen molar-refractivity contribution in [2.75, 3.05) is 50.2 Å². The number of carbonyl (C=O) groups excluding carboxylic acids is 5. The number of carboxylic acid groups (broad SMARTS) is 2. The van der Waals surface area contributed by atoms with Crippen LogP contribution in [-0.4, -0.2) is 131 Å². The second-order valence-electron chi connectivity index (χ2n) is 23.4. The second kappa shape index (κ2) is 24.9. The van der Waals surface area contributed by atoms with Gasteiger partial charge in [0.25, 0.3) is 5.91 Å². The van der Waals surface area contributed by atoms with Gasteiger partial charge in [-0.1, -0.05) is 26.0 Å². The smallest absolute Gasteiger partial charge is 0.410 e. The zero-order valence-corrected chi connectivity index (χ0v) is 47.4. The first-order valence-electron chi connectivity index (χ1n) is 28.9. The van der Waals surface area contributed by atoms with Gasteiger partial charge in [-0.2, -0.15) is 0 Å². The van der Waals surface area contributed by atoms with Crippen LogP contribution >= 0.6 is 22.7 Å². The average molecular weight is 1100 g/mol. The van der Waals surface area contributed by atoms with Crippen LogP contribution in [0.2, 0.25) is 0 Å². The van der Waals surface area contributed by atoms with E-state index in [1.807, 2.05) is 17.0 Å². The molecule has 2 saturated heterocycles. The Kier molecular flexibility index (Phi) is 18.3. The monoisotopic (exact) mass is 1100 g/mol. The van der Waals surface area contributed by atoms with Crippen LogP contribution in [0.25, 0.3) is 11.1 Å². The molecule has 4 saturated carbocycles. The van der Waals surface area contributed by atoms with Crippen LogP contribution in [0, 0.1) is 23.7 Å². The van der Waals surface area contributed by atoms with Gasteiger partial charge in [-0.05, 0) is 189 Å². The van der Waals surface area contributed by atoms with Crippen molar-refractivity contribution in [2.24, 2.45) is 23.7 Å². The van der Waals surface area contributed by atoms with E-state index in [4.69, 9.17) is 9.47 Å². The van der Waals surface area contributed by atoms with Crippen molar-refractivity contribution >= 4 is 87.0 Å². The molecular formula is C59H81N5O11S2. The Balaban J connectivity index is 0.000000188. The number of hydrogen-bond acceptors (Lipinski definition) is 11. The summed E-state index contributed by atoms with van der Waals surface area (Å²) in [5.41, 5.74) is 2.58. The standard InChI is InChI=1S/C30H42N2O6S.C29H39N3O5S/c1-20-7-9-22(10-8-20)28(33)32(25-19-26(39-27(25)29(34)35)21-5-3-2-4-6-21)23-11-13-24(14-12-23)38-30(36)31-15-17-37-18-16-31;1-18-9-11-20(12-10-18)25(33)32(21-13-15-29(16-14-21)27(36)30(2)28(37)31(29)3)22-17-23(38-24(22)26(34)35)19-7-5-4-6-8-19/h5,19-20,22-24H,2-4,6-18H2,1H3,(H,34,35);7,17-18,20-21H,4-6,8-16H2,1-3H3,(H,34,35). The lowest BCUT2D eigenvalue weighted by Crippen LogP contribution is -2.55. The van der Waals surface area contributed by atoms with E-state index in [9.17, 15) is 43.8 Å². The van der Waals surface area contributed by atoms with Gasteiger partial charge in [0, 0.05) is 60.9 Å². The Labute approximate surface area is 462 Å². The van der Waals surface area contributed by atoms with Crippen LogP contribution in [-0.2, 0) is 23.9 Å². The summed E-state index contributed by atoms with van der Waals surface area (Å²) >= 11 is 2.58. The minimum Gasteiger partial charge on any atom is -0.477 e. The van der Waals surface area contributed by atoms with Crippen LogP contribution in [0.15, 0.2) is 24.3 Å². The van der Waals surface area contributed by atoms with Gasteiger partial charge in [0.15, 0.2) is 0 Å². The van der Waals surface area contributed by atoms with E-state index in [0.717, 1.165) is 112 Å². The third-order valence-corrected chi connectivity index (χ3v) is 20.7. The number of aromatic carboxylic acids is 2. The quantitative estimate of drug-likeness (QED) is 0.203. The third-order valence-electron chi connectivity index (χ3n) is 18.4. The molecule has 10 rings (SSSR count). The van der Waals surface area contributed by atoms with Crippen LogP contribution < -0.4 is 9.80 Å². The number of ether oxygens (including phenoxy) is 2. The van der Waals surface area contributed by atoms with E-state index in [1.165, 1.54) is 45.8 Å².